The van der Waals surface area contributed by atoms with Crippen LogP contribution in [0.25, 0.3) is 28.4 Å². The van der Waals surface area contributed by atoms with E-state index < -0.39 is 0 Å². The largest absolute Gasteiger partial charge is 0.213 e. The molecular weight excluding hydrogens is 338 g/mol. The van der Waals surface area contributed by atoms with Gasteiger partial charge in [-0.05, 0) is 38.1 Å². The maximum Gasteiger partial charge on any atom is 0.206 e. The second-order valence-electron chi connectivity index (χ2n) is 6.39. The first-order valence-electron chi connectivity index (χ1n) is 8.71. The van der Waals surface area contributed by atoms with E-state index in [-0.39, 0.29) is 0 Å². The van der Waals surface area contributed by atoms with E-state index in [2.05, 4.69) is 15.3 Å². The maximum atomic E-state index is 4.72. The van der Waals surface area contributed by atoms with Crippen molar-refractivity contribution in [2.24, 2.45) is 0 Å². The van der Waals surface area contributed by atoms with Gasteiger partial charge in [0.05, 0.1) is 22.8 Å². The van der Waals surface area contributed by atoms with E-state index >= 15 is 0 Å². The lowest BCUT2D eigenvalue weighted by molar-refractivity contribution is 0.685. The van der Waals surface area contributed by atoms with E-state index in [1.807, 2.05) is 89.9 Å². The Morgan fingerprint density at radius 1 is 0.667 bits per heavy atom. The average molecular weight is 355 g/mol. The Kier molecular flexibility index (Phi) is 3.39. The third-order valence-corrected chi connectivity index (χ3v) is 4.41. The Labute approximate surface area is 155 Å². The molecule has 2 aromatic carbocycles. The summed E-state index contributed by atoms with van der Waals surface area (Å²) in [5.41, 5.74) is 5.15. The molecule has 7 heteroatoms. The van der Waals surface area contributed by atoms with Crippen LogP contribution < -0.4 is 0 Å². The summed E-state index contributed by atoms with van der Waals surface area (Å²) in [6.07, 6.45) is 0. The SMILES string of the molecule is Cc1cc(-n2nc3c(C)nn(-c4ccccc4)c3n2)n(-c2ccccc2)n1. The van der Waals surface area contributed by atoms with Crippen molar-refractivity contribution >= 4 is 11.2 Å². The standard InChI is InChI=1S/C20H17N7/c1-14-13-18(25(21-14)16-9-5-3-6-10-16)27-23-19-15(2)22-26(20(19)24-27)17-11-7-4-8-12-17/h3-13H,1-2H3. The van der Waals surface area contributed by atoms with Crippen LogP contribution in [-0.2, 0) is 0 Å². The molecule has 0 aliphatic heterocycles. The van der Waals surface area contributed by atoms with Crippen LogP contribution in [0.15, 0.2) is 66.7 Å². The summed E-state index contributed by atoms with van der Waals surface area (Å²) in [6, 6.07) is 21.9. The molecule has 0 aliphatic rings. The Bertz CT molecular complexity index is 1230. The van der Waals surface area contributed by atoms with Gasteiger partial charge < -0.3 is 0 Å². The maximum absolute atomic E-state index is 4.72. The van der Waals surface area contributed by atoms with Gasteiger partial charge in [0, 0.05) is 6.07 Å². The summed E-state index contributed by atoms with van der Waals surface area (Å²) in [4.78, 5) is 1.63. The van der Waals surface area contributed by atoms with Gasteiger partial charge >= 0.3 is 0 Å². The molecule has 132 valence electrons. The second kappa shape index (κ2) is 5.91. The lowest BCUT2D eigenvalue weighted by Crippen LogP contribution is -2.09. The Hall–Kier alpha value is -3.74. The predicted molar refractivity (Wildman–Crippen MR) is 103 cm³/mol. The molecule has 3 heterocycles. The summed E-state index contributed by atoms with van der Waals surface area (Å²) < 4.78 is 3.67. The first kappa shape index (κ1) is 15.5. The number of nitrogens with zero attached hydrogens (tertiary/aromatic N) is 7. The summed E-state index contributed by atoms with van der Waals surface area (Å²) in [7, 11) is 0. The van der Waals surface area contributed by atoms with Crippen LogP contribution in [0, 0.1) is 13.8 Å². The third kappa shape index (κ3) is 2.52. The van der Waals surface area contributed by atoms with Crippen molar-refractivity contribution < 1.29 is 0 Å². The van der Waals surface area contributed by atoms with Gasteiger partial charge in [-0.1, -0.05) is 36.4 Å². The summed E-state index contributed by atoms with van der Waals surface area (Å²) in [6.45, 7) is 3.91. The third-order valence-electron chi connectivity index (χ3n) is 4.41. The van der Waals surface area contributed by atoms with Crippen LogP contribution in [0.5, 0.6) is 0 Å². The van der Waals surface area contributed by atoms with Crippen LogP contribution in [-0.4, -0.2) is 34.6 Å². The van der Waals surface area contributed by atoms with Crippen LogP contribution >= 0.6 is 0 Å². The molecule has 0 atom stereocenters. The molecule has 0 saturated heterocycles. The number of aromatic nitrogens is 7. The minimum atomic E-state index is 0.720. The Morgan fingerprint density at radius 3 is 1.96 bits per heavy atom. The van der Waals surface area contributed by atoms with Crippen molar-refractivity contribution in [1.29, 1.82) is 0 Å². The second-order valence-corrected chi connectivity index (χ2v) is 6.39. The first-order valence-corrected chi connectivity index (χ1v) is 8.71. The highest BCUT2D eigenvalue weighted by atomic mass is 15.6. The smallest absolute Gasteiger partial charge is 0.206 e. The number of hydrogen-bond acceptors (Lipinski definition) is 4. The van der Waals surface area contributed by atoms with E-state index in [4.69, 9.17) is 5.10 Å². The van der Waals surface area contributed by atoms with Crippen molar-refractivity contribution in [3.05, 3.63) is 78.1 Å². The van der Waals surface area contributed by atoms with Crippen molar-refractivity contribution in [2.75, 3.05) is 0 Å². The minimum Gasteiger partial charge on any atom is -0.213 e. The molecule has 0 amide bonds. The fourth-order valence-electron chi connectivity index (χ4n) is 3.16. The number of hydrogen-bond donors (Lipinski definition) is 0. The van der Waals surface area contributed by atoms with Crippen LogP contribution in [0.3, 0.4) is 0 Å². The molecule has 0 radical (unpaired) electrons. The fourth-order valence-corrected chi connectivity index (χ4v) is 3.16. The number of fused-ring (bicyclic) bond motifs is 1. The normalized spacial score (nSPS) is 11.3. The Balaban J connectivity index is 1.70. The first-order chi connectivity index (χ1) is 13.2. The lowest BCUT2D eigenvalue weighted by atomic mass is 10.3. The Morgan fingerprint density at radius 2 is 1.30 bits per heavy atom. The highest BCUT2D eigenvalue weighted by molar-refractivity contribution is 5.75. The molecule has 0 saturated carbocycles. The summed E-state index contributed by atoms with van der Waals surface area (Å²) in [5.74, 6) is 0.786. The molecule has 0 bridgehead atoms. The van der Waals surface area contributed by atoms with Crippen molar-refractivity contribution in [2.45, 2.75) is 13.8 Å². The van der Waals surface area contributed by atoms with Gasteiger partial charge in [-0.15, -0.1) is 15.0 Å². The molecule has 3 aromatic heterocycles. The van der Waals surface area contributed by atoms with Crippen molar-refractivity contribution in [3.63, 3.8) is 0 Å². The molecule has 5 rings (SSSR count). The summed E-state index contributed by atoms with van der Waals surface area (Å²) >= 11 is 0. The molecule has 0 N–H and O–H groups in total. The van der Waals surface area contributed by atoms with Crippen LogP contribution in [0.2, 0.25) is 0 Å². The van der Waals surface area contributed by atoms with Gasteiger partial charge in [0.1, 0.15) is 0 Å². The summed E-state index contributed by atoms with van der Waals surface area (Å²) in [5, 5.41) is 18.6. The average Bonchev–Trinajstić information content (AvgIpc) is 3.38. The van der Waals surface area contributed by atoms with E-state index in [1.54, 1.807) is 4.80 Å². The zero-order valence-corrected chi connectivity index (χ0v) is 15.0. The van der Waals surface area contributed by atoms with Crippen molar-refractivity contribution in [3.8, 4) is 17.2 Å². The van der Waals surface area contributed by atoms with Crippen LogP contribution in [0.4, 0.5) is 0 Å². The number of para-hydroxylation sites is 2. The number of aryl methyl sites for hydroxylation is 2. The fraction of sp³-hybridized carbons (Fsp3) is 0.100. The van der Waals surface area contributed by atoms with Gasteiger partial charge in [0.25, 0.3) is 0 Å². The minimum absolute atomic E-state index is 0.720. The molecule has 0 unspecified atom stereocenters. The highest BCUT2D eigenvalue weighted by Gasteiger charge is 2.18. The zero-order chi connectivity index (χ0) is 18.4. The lowest BCUT2D eigenvalue weighted by Gasteiger charge is -2.06. The van der Waals surface area contributed by atoms with Gasteiger partial charge in [-0.3, -0.25) is 0 Å². The molecule has 7 nitrogen and oxygen atoms in total. The quantitative estimate of drug-likeness (QED) is 0.497. The monoisotopic (exact) mass is 355 g/mol. The molecular formula is C20H17N7. The van der Waals surface area contributed by atoms with Gasteiger partial charge in [-0.25, -0.2) is 9.36 Å². The van der Waals surface area contributed by atoms with E-state index in [0.717, 1.165) is 39.7 Å². The highest BCUT2D eigenvalue weighted by Crippen LogP contribution is 2.21. The number of benzene rings is 2. The van der Waals surface area contributed by atoms with Gasteiger partial charge in [-0.2, -0.15) is 10.2 Å². The van der Waals surface area contributed by atoms with Gasteiger partial charge in [0.15, 0.2) is 11.3 Å². The molecule has 27 heavy (non-hydrogen) atoms. The molecule has 5 aromatic rings. The zero-order valence-electron chi connectivity index (χ0n) is 15.0. The van der Waals surface area contributed by atoms with Crippen molar-refractivity contribution in [1.82, 2.24) is 34.6 Å². The van der Waals surface area contributed by atoms with E-state index in [1.165, 1.54) is 0 Å². The molecule has 0 spiro atoms. The number of rotatable bonds is 3. The van der Waals surface area contributed by atoms with Crippen LogP contribution in [0.1, 0.15) is 11.4 Å². The van der Waals surface area contributed by atoms with E-state index in [0.29, 0.717) is 0 Å². The predicted octanol–water partition coefficient (Wildman–Crippen LogP) is 3.41. The topological polar surface area (TPSA) is 66.3 Å². The molecule has 0 aliphatic carbocycles. The molecule has 0 fully saturated rings. The van der Waals surface area contributed by atoms with Gasteiger partial charge in [0.2, 0.25) is 5.65 Å². The van der Waals surface area contributed by atoms with E-state index in [9.17, 15) is 0 Å².